The van der Waals surface area contributed by atoms with Crippen molar-refractivity contribution in [2.45, 2.75) is 19.4 Å². The molecule has 1 aromatic rings. The Morgan fingerprint density at radius 3 is 2.59 bits per heavy atom. The fourth-order valence-electron chi connectivity index (χ4n) is 2.03. The highest BCUT2D eigenvalue weighted by molar-refractivity contribution is 5.28. The maximum atomic E-state index is 9.98. The monoisotopic (exact) mass is 235 g/mol. The van der Waals surface area contributed by atoms with Crippen LogP contribution in [0.2, 0.25) is 0 Å². The molecule has 3 unspecified atom stereocenters. The Bertz CT molecular complexity index is 350. The molecular weight excluding hydrogens is 214 g/mol. The minimum absolute atomic E-state index is 0.435. The summed E-state index contributed by atoms with van der Waals surface area (Å²) in [6.45, 7) is 3.91. The van der Waals surface area contributed by atoms with Crippen LogP contribution < -0.4 is 10.1 Å². The summed E-state index contributed by atoms with van der Waals surface area (Å²) in [6.07, 6.45) is 0.890. The molecule has 0 bridgehead atoms. The molecule has 0 amide bonds. The van der Waals surface area contributed by atoms with Crippen molar-refractivity contribution in [3.8, 4) is 5.75 Å². The normalized spacial score (nSPS) is 24.4. The topological polar surface area (TPSA) is 41.5 Å². The summed E-state index contributed by atoms with van der Waals surface area (Å²) in [7, 11) is 1.64. The van der Waals surface area contributed by atoms with Crippen molar-refractivity contribution < 1.29 is 9.84 Å². The van der Waals surface area contributed by atoms with Gasteiger partial charge in [-0.2, -0.15) is 0 Å². The lowest BCUT2D eigenvalue weighted by Crippen LogP contribution is -2.23. The third-order valence-corrected chi connectivity index (χ3v) is 3.52. The Morgan fingerprint density at radius 1 is 1.41 bits per heavy atom. The molecule has 1 aliphatic rings. The van der Waals surface area contributed by atoms with Crippen molar-refractivity contribution in [1.29, 1.82) is 0 Å². The Balaban J connectivity index is 1.75. The van der Waals surface area contributed by atoms with Crippen LogP contribution in [-0.2, 0) is 0 Å². The van der Waals surface area contributed by atoms with E-state index in [0.717, 1.165) is 29.7 Å². The second-order valence-corrected chi connectivity index (χ2v) is 4.92. The molecule has 1 fully saturated rings. The van der Waals surface area contributed by atoms with E-state index in [9.17, 15) is 5.11 Å². The van der Waals surface area contributed by atoms with Gasteiger partial charge in [0.2, 0.25) is 0 Å². The van der Waals surface area contributed by atoms with Crippen molar-refractivity contribution >= 4 is 0 Å². The zero-order chi connectivity index (χ0) is 12.3. The van der Waals surface area contributed by atoms with E-state index in [4.69, 9.17) is 4.74 Å². The first-order valence-corrected chi connectivity index (χ1v) is 6.23. The number of hydrogen-bond acceptors (Lipinski definition) is 3. The third-order valence-electron chi connectivity index (χ3n) is 3.52. The third kappa shape index (κ3) is 3.45. The lowest BCUT2D eigenvalue weighted by Gasteiger charge is -2.12. The van der Waals surface area contributed by atoms with Crippen LogP contribution in [0.25, 0.3) is 0 Å². The highest BCUT2D eigenvalue weighted by atomic mass is 16.5. The maximum absolute atomic E-state index is 9.98. The number of aliphatic hydroxyl groups excluding tert-OH is 1. The molecule has 0 aliphatic heterocycles. The van der Waals surface area contributed by atoms with E-state index in [1.807, 2.05) is 24.3 Å². The predicted molar refractivity (Wildman–Crippen MR) is 68.1 cm³/mol. The fraction of sp³-hybridized carbons (Fsp3) is 0.571. The molecule has 3 nitrogen and oxygen atoms in total. The van der Waals surface area contributed by atoms with E-state index in [2.05, 4.69) is 12.2 Å². The molecule has 3 heteroatoms. The second-order valence-electron chi connectivity index (χ2n) is 4.92. The number of aliphatic hydroxyl groups is 1. The van der Waals surface area contributed by atoms with Crippen LogP contribution in [0.3, 0.4) is 0 Å². The Labute approximate surface area is 103 Å². The van der Waals surface area contributed by atoms with Gasteiger partial charge in [0.1, 0.15) is 5.75 Å². The van der Waals surface area contributed by atoms with E-state index in [1.54, 1.807) is 7.11 Å². The van der Waals surface area contributed by atoms with Gasteiger partial charge >= 0.3 is 0 Å². The molecule has 2 N–H and O–H groups in total. The molecule has 0 saturated heterocycles. The van der Waals surface area contributed by atoms with Gasteiger partial charge in [-0.15, -0.1) is 0 Å². The van der Waals surface area contributed by atoms with Crippen LogP contribution in [0.15, 0.2) is 24.3 Å². The molecule has 17 heavy (non-hydrogen) atoms. The summed E-state index contributed by atoms with van der Waals surface area (Å²) >= 11 is 0. The van der Waals surface area contributed by atoms with Crippen LogP contribution in [-0.4, -0.2) is 25.3 Å². The lowest BCUT2D eigenvalue weighted by atomic mass is 10.1. The van der Waals surface area contributed by atoms with Gasteiger partial charge in [-0.05, 0) is 42.5 Å². The summed E-state index contributed by atoms with van der Waals surface area (Å²) in [5, 5.41) is 13.3. The van der Waals surface area contributed by atoms with Gasteiger partial charge in [0.05, 0.1) is 13.2 Å². The molecule has 3 atom stereocenters. The molecule has 1 aliphatic carbocycles. The van der Waals surface area contributed by atoms with E-state index in [0.29, 0.717) is 6.54 Å². The lowest BCUT2D eigenvalue weighted by molar-refractivity contribution is 0.174. The summed E-state index contributed by atoms with van der Waals surface area (Å²) in [5.41, 5.74) is 0.933. The first-order valence-electron chi connectivity index (χ1n) is 6.23. The second kappa shape index (κ2) is 5.52. The number of benzene rings is 1. The quantitative estimate of drug-likeness (QED) is 0.792. The largest absolute Gasteiger partial charge is 0.497 e. The van der Waals surface area contributed by atoms with Crippen molar-refractivity contribution in [2.75, 3.05) is 20.2 Å². The van der Waals surface area contributed by atoms with E-state index < -0.39 is 6.10 Å². The average Bonchev–Trinajstić information content (AvgIpc) is 3.05. The van der Waals surface area contributed by atoms with Crippen molar-refractivity contribution in [3.63, 3.8) is 0 Å². The Hall–Kier alpha value is -1.06. The average molecular weight is 235 g/mol. The molecule has 0 radical (unpaired) electrons. The highest BCUT2D eigenvalue weighted by Crippen LogP contribution is 2.36. The first kappa shape index (κ1) is 12.4. The molecule has 2 rings (SSSR count). The van der Waals surface area contributed by atoms with Gasteiger partial charge < -0.3 is 15.2 Å². The summed E-state index contributed by atoms with van der Waals surface area (Å²) in [5.74, 6) is 2.50. The standard InChI is InChI=1S/C14H21NO2/c1-10-7-12(10)8-15-9-14(16)11-3-5-13(17-2)6-4-11/h3-6,10,12,14-16H,7-9H2,1-2H3. The number of methoxy groups -OCH3 is 1. The summed E-state index contributed by atoms with van der Waals surface area (Å²) in [6, 6.07) is 7.57. The zero-order valence-electron chi connectivity index (χ0n) is 10.5. The molecule has 0 aromatic heterocycles. The number of nitrogens with one attached hydrogen (secondary N) is 1. The van der Waals surface area contributed by atoms with E-state index in [-0.39, 0.29) is 0 Å². The fourth-order valence-corrected chi connectivity index (χ4v) is 2.03. The van der Waals surface area contributed by atoms with Gasteiger partial charge in [-0.25, -0.2) is 0 Å². The van der Waals surface area contributed by atoms with Crippen molar-refractivity contribution in [1.82, 2.24) is 5.32 Å². The molecule has 1 saturated carbocycles. The van der Waals surface area contributed by atoms with Crippen molar-refractivity contribution in [3.05, 3.63) is 29.8 Å². The zero-order valence-corrected chi connectivity index (χ0v) is 10.5. The highest BCUT2D eigenvalue weighted by Gasteiger charge is 2.31. The smallest absolute Gasteiger partial charge is 0.118 e. The summed E-state index contributed by atoms with van der Waals surface area (Å²) < 4.78 is 5.08. The summed E-state index contributed by atoms with van der Waals surface area (Å²) in [4.78, 5) is 0. The minimum Gasteiger partial charge on any atom is -0.497 e. The van der Waals surface area contributed by atoms with Gasteiger partial charge in [-0.1, -0.05) is 19.1 Å². The predicted octanol–water partition coefficient (Wildman–Crippen LogP) is 1.97. The Morgan fingerprint density at radius 2 is 2.06 bits per heavy atom. The molecule has 94 valence electrons. The van der Waals surface area contributed by atoms with Gasteiger partial charge in [0, 0.05) is 6.54 Å². The van der Waals surface area contributed by atoms with Crippen LogP contribution >= 0.6 is 0 Å². The van der Waals surface area contributed by atoms with Crippen molar-refractivity contribution in [2.24, 2.45) is 11.8 Å². The van der Waals surface area contributed by atoms with Crippen LogP contribution in [0.5, 0.6) is 5.75 Å². The Kier molecular flexibility index (Phi) is 4.02. The minimum atomic E-state index is -0.435. The number of ether oxygens (including phenoxy) is 1. The molecule has 0 heterocycles. The molecule has 0 spiro atoms. The molecule has 1 aromatic carbocycles. The van der Waals surface area contributed by atoms with Crippen LogP contribution in [0, 0.1) is 11.8 Å². The number of rotatable bonds is 6. The SMILES string of the molecule is COc1ccc(C(O)CNCC2CC2C)cc1. The van der Waals surface area contributed by atoms with Crippen LogP contribution in [0.1, 0.15) is 25.0 Å². The van der Waals surface area contributed by atoms with Gasteiger partial charge in [0.25, 0.3) is 0 Å². The maximum Gasteiger partial charge on any atom is 0.118 e. The van der Waals surface area contributed by atoms with Gasteiger partial charge in [-0.3, -0.25) is 0 Å². The van der Waals surface area contributed by atoms with Gasteiger partial charge in [0.15, 0.2) is 0 Å². The first-order chi connectivity index (χ1) is 8.20. The van der Waals surface area contributed by atoms with E-state index >= 15 is 0 Å². The van der Waals surface area contributed by atoms with E-state index in [1.165, 1.54) is 6.42 Å². The number of hydrogen-bond donors (Lipinski definition) is 2. The van der Waals surface area contributed by atoms with Crippen LogP contribution in [0.4, 0.5) is 0 Å². The molecular formula is C14H21NO2.